The lowest BCUT2D eigenvalue weighted by molar-refractivity contribution is 0.102. The molecule has 1 amide bonds. The summed E-state index contributed by atoms with van der Waals surface area (Å²) in [6.07, 6.45) is 11.5. The van der Waals surface area contributed by atoms with Gasteiger partial charge in [-0.3, -0.25) is 9.78 Å². The van der Waals surface area contributed by atoms with E-state index in [0.29, 0.717) is 51.5 Å². The van der Waals surface area contributed by atoms with Gasteiger partial charge in [0.15, 0.2) is 17.2 Å². The normalized spacial score (nSPS) is 17.6. The largest absolute Gasteiger partial charge is 0.452 e. The minimum absolute atomic E-state index is 0.302. The lowest BCUT2D eigenvalue weighted by Gasteiger charge is -2.37. The van der Waals surface area contributed by atoms with Crippen molar-refractivity contribution in [2.45, 2.75) is 32.9 Å². The molecule has 0 aromatic carbocycles. The van der Waals surface area contributed by atoms with E-state index in [1.54, 1.807) is 47.5 Å². The molecule has 12 heteroatoms. The zero-order valence-electron chi connectivity index (χ0n) is 21.2. The van der Waals surface area contributed by atoms with Crippen LogP contribution in [0.1, 0.15) is 29.9 Å². The monoisotopic (exact) mass is 510 g/mol. The molecular formula is C26H26N10O2. The average molecular weight is 511 g/mol. The van der Waals surface area contributed by atoms with Gasteiger partial charge in [0.05, 0.1) is 29.3 Å². The minimum Gasteiger partial charge on any atom is -0.452 e. The van der Waals surface area contributed by atoms with Crippen LogP contribution in [0.25, 0.3) is 16.7 Å². The summed E-state index contributed by atoms with van der Waals surface area (Å²) in [4.78, 5) is 34.0. The summed E-state index contributed by atoms with van der Waals surface area (Å²) in [5.41, 5.74) is 3.35. The van der Waals surface area contributed by atoms with Crippen molar-refractivity contribution in [2.24, 2.45) is 0 Å². The van der Waals surface area contributed by atoms with Gasteiger partial charge in [-0.25, -0.2) is 15.0 Å². The van der Waals surface area contributed by atoms with Gasteiger partial charge in [-0.2, -0.15) is 10.2 Å². The summed E-state index contributed by atoms with van der Waals surface area (Å²) >= 11 is 0. The fraction of sp³-hybridized carbons (Fsp3) is 0.269. The van der Waals surface area contributed by atoms with Gasteiger partial charge in [-0.1, -0.05) is 0 Å². The van der Waals surface area contributed by atoms with E-state index in [1.165, 1.54) is 6.20 Å². The molecule has 5 aromatic heterocycles. The third kappa shape index (κ3) is 4.57. The van der Waals surface area contributed by atoms with E-state index in [0.717, 1.165) is 24.6 Å². The highest BCUT2D eigenvalue weighted by Crippen LogP contribution is 2.30. The number of piperazine rings is 1. The Morgan fingerprint density at radius 1 is 1.03 bits per heavy atom. The molecule has 0 spiro atoms. The SMILES string of the molecule is Cc1cn2cc(NC(=O)c3cnc(N4C[C@@H](C)N[C@@H](C)C4)c4nccnc34)cc(Oc3ccnnc3)c2n1. The van der Waals surface area contributed by atoms with Crippen LogP contribution in [0.3, 0.4) is 0 Å². The van der Waals surface area contributed by atoms with Crippen LogP contribution in [0.4, 0.5) is 11.5 Å². The molecule has 1 fully saturated rings. The van der Waals surface area contributed by atoms with Gasteiger partial charge in [0.1, 0.15) is 16.8 Å². The highest BCUT2D eigenvalue weighted by Gasteiger charge is 2.26. The summed E-state index contributed by atoms with van der Waals surface area (Å²) in [7, 11) is 0. The second-order valence-electron chi connectivity index (χ2n) is 9.46. The van der Waals surface area contributed by atoms with Crippen molar-refractivity contribution < 1.29 is 9.53 Å². The molecule has 0 bridgehead atoms. The highest BCUT2D eigenvalue weighted by molar-refractivity contribution is 6.12. The van der Waals surface area contributed by atoms with Crippen molar-refractivity contribution >= 4 is 34.1 Å². The van der Waals surface area contributed by atoms with Crippen LogP contribution in [0.15, 0.2) is 55.5 Å². The van der Waals surface area contributed by atoms with E-state index in [-0.39, 0.29) is 5.91 Å². The number of rotatable bonds is 5. The van der Waals surface area contributed by atoms with Crippen LogP contribution in [-0.2, 0) is 0 Å². The number of pyridine rings is 2. The number of carbonyl (C=O) groups excluding carboxylic acids is 1. The third-order valence-corrected chi connectivity index (χ3v) is 6.26. The number of aryl methyl sites for hydroxylation is 1. The number of nitrogens with zero attached hydrogens (tertiary/aromatic N) is 8. The number of nitrogens with one attached hydrogen (secondary N) is 2. The van der Waals surface area contributed by atoms with E-state index < -0.39 is 0 Å². The third-order valence-electron chi connectivity index (χ3n) is 6.26. The predicted octanol–water partition coefficient (Wildman–Crippen LogP) is 3.00. The first-order valence-electron chi connectivity index (χ1n) is 12.3. The Morgan fingerprint density at radius 3 is 2.58 bits per heavy atom. The number of imidazole rings is 1. The molecule has 6 heterocycles. The Balaban J connectivity index is 1.34. The molecule has 1 saturated heterocycles. The molecule has 12 nitrogen and oxygen atoms in total. The molecule has 2 N–H and O–H groups in total. The van der Waals surface area contributed by atoms with E-state index in [2.05, 4.69) is 59.5 Å². The zero-order chi connectivity index (χ0) is 26.2. The number of aromatic nitrogens is 7. The van der Waals surface area contributed by atoms with Crippen LogP contribution in [-0.4, -0.2) is 65.6 Å². The zero-order valence-corrected chi connectivity index (χ0v) is 21.2. The molecule has 5 aromatic rings. The highest BCUT2D eigenvalue weighted by atomic mass is 16.5. The molecule has 1 aliphatic heterocycles. The lowest BCUT2D eigenvalue weighted by atomic mass is 10.1. The minimum atomic E-state index is -0.357. The molecular weight excluding hydrogens is 484 g/mol. The molecule has 192 valence electrons. The van der Waals surface area contributed by atoms with E-state index in [1.807, 2.05) is 13.1 Å². The van der Waals surface area contributed by atoms with Gasteiger partial charge < -0.3 is 24.7 Å². The Hall–Kier alpha value is -4.71. The van der Waals surface area contributed by atoms with Crippen LogP contribution in [0.2, 0.25) is 0 Å². The van der Waals surface area contributed by atoms with Crippen molar-refractivity contribution in [3.05, 3.63) is 66.8 Å². The quantitative estimate of drug-likeness (QED) is 0.363. The van der Waals surface area contributed by atoms with Gasteiger partial charge in [0.25, 0.3) is 5.91 Å². The van der Waals surface area contributed by atoms with Crippen molar-refractivity contribution in [1.29, 1.82) is 0 Å². The Labute approximate surface area is 218 Å². The standard InChI is InChI=1S/C26H26N10O2/c1-15-11-35(12-16(2)32-15)25-23-22(27-6-7-28-23)20(10-29-25)26(37)34-18-8-21(38-19-4-5-30-31-9-19)24-33-17(3)13-36(24)14-18/h4-10,13-16,32H,11-12H2,1-3H3,(H,34,37)/t15-,16+. The molecule has 1 aliphatic rings. The van der Waals surface area contributed by atoms with Crippen molar-refractivity contribution in [3.8, 4) is 11.5 Å². The average Bonchev–Trinajstić information content (AvgIpc) is 3.28. The Morgan fingerprint density at radius 2 is 1.82 bits per heavy atom. The fourth-order valence-corrected chi connectivity index (χ4v) is 4.84. The van der Waals surface area contributed by atoms with Crippen molar-refractivity contribution in [1.82, 2.24) is 39.9 Å². The first-order chi connectivity index (χ1) is 18.4. The number of amides is 1. The van der Waals surface area contributed by atoms with Crippen LogP contribution >= 0.6 is 0 Å². The number of ether oxygens (including phenoxy) is 1. The predicted molar refractivity (Wildman–Crippen MR) is 142 cm³/mol. The van der Waals surface area contributed by atoms with Gasteiger partial charge in [-0.15, -0.1) is 0 Å². The number of fused-ring (bicyclic) bond motifs is 2. The van der Waals surface area contributed by atoms with Crippen LogP contribution in [0.5, 0.6) is 11.5 Å². The Kier molecular flexibility index (Phi) is 6.00. The van der Waals surface area contributed by atoms with Gasteiger partial charge in [-0.05, 0) is 20.8 Å². The number of hydrogen-bond acceptors (Lipinski definition) is 10. The van der Waals surface area contributed by atoms with E-state index in [4.69, 9.17) is 4.74 Å². The van der Waals surface area contributed by atoms with Crippen molar-refractivity contribution in [2.75, 3.05) is 23.3 Å². The topological polar surface area (TPSA) is 135 Å². The summed E-state index contributed by atoms with van der Waals surface area (Å²) in [5.74, 6) is 1.33. The maximum absolute atomic E-state index is 13.5. The van der Waals surface area contributed by atoms with Gasteiger partial charge in [0.2, 0.25) is 0 Å². The maximum Gasteiger partial charge on any atom is 0.259 e. The molecule has 38 heavy (non-hydrogen) atoms. The second kappa shape index (κ2) is 9.63. The molecule has 6 rings (SSSR count). The number of anilines is 2. The molecule has 2 atom stereocenters. The molecule has 0 aliphatic carbocycles. The molecule has 0 unspecified atom stereocenters. The Bertz CT molecular complexity index is 1630. The summed E-state index contributed by atoms with van der Waals surface area (Å²) in [6.45, 7) is 7.74. The van der Waals surface area contributed by atoms with Crippen LogP contribution < -0.4 is 20.3 Å². The fourth-order valence-electron chi connectivity index (χ4n) is 4.84. The van der Waals surface area contributed by atoms with Crippen molar-refractivity contribution in [3.63, 3.8) is 0 Å². The lowest BCUT2D eigenvalue weighted by Crippen LogP contribution is -2.54. The first kappa shape index (κ1) is 23.7. The summed E-state index contributed by atoms with van der Waals surface area (Å²) < 4.78 is 7.83. The molecule has 0 radical (unpaired) electrons. The smallest absolute Gasteiger partial charge is 0.259 e. The second-order valence-corrected chi connectivity index (χ2v) is 9.46. The summed E-state index contributed by atoms with van der Waals surface area (Å²) in [5, 5.41) is 14.1. The van der Waals surface area contributed by atoms with Gasteiger partial charge in [0, 0.05) is 68.3 Å². The first-order valence-corrected chi connectivity index (χ1v) is 12.3. The summed E-state index contributed by atoms with van der Waals surface area (Å²) in [6, 6.07) is 4.02. The van der Waals surface area contributed by atoms with Gasteiger partial charge >= 0.3 is 0 Å². The number of hydrogen-bond donors (Lipinski definition) is 2. The van der Waals surface area contributed by atoms with Crippen LogP contribution in [0, 0.1) is 6.92 Å². The number of carbonyl (C=O) groups is 1. The molecule has 0 saturated carbocycles. The van der Waals surface area contributed by atoms with E-state index >= 15 is 0 Å². The maximum atomic E-state index is 13.5. The van der Waals surface area contributed by atoms with E-state index in [9.17, 15) is 4.79 Å².